The molecule has 2 N–H and O–H groups in total. The van der Waals surface area contributed by atoms with E-state index in [9.17, 15) is 18.5 Å². The van der Waals surface area contributed by atoms with E-state index in [0.29, 0.717) is 30.7 Å². The first-order valence-corrected chi connectivity index (χ1v) is 8.69. The zero-order valence-electron chi connectivity index (χ0n) is 12.0. The molecule has 1 saturated heterocycles. The lowest BCUT2D eigenvalue weighted by Gasteiger charge is -2.20. The Morgan fingerprint density at radius 2 is 2.05 bits per heavy atom. The highest BCUT2D eigenvalue weighted by molar-refractivity contribution is 7.91. The lowest BCUT2D eigenvalue weighted by molar-refractivity contribution is 0.287. The largest absolute Gasteiger partial charge is 0.497 e. The summed E-state index contributed by atoms with van der Waals surface area (Å²) in [6.45, 7) is 1.81. The Morgan fingerprint density at radius 3 is 2.71 bits per heavy atom. The molecule has 0 spiro atoms. The summed E-state index contributed by atoms with van der Waals surface area (Å²) < 4.78 is 28.3. The second kappa shape index (κ2) is 6.78. The Bertz CT molecular complexity index is 590. The van der Waals surface area contributed by atoms with Gasteiger partial charge in [-0.05, 0) is 24.6 Å². The summed E-state index contributed by atoms with van der Waals surface area (Å²) in [5.74, 6) is 0.845. The molecule has 1 aliphatic heterocycles. The molecule has 0 atom stereocenters. The van der Waals surface area contributed by atoms with Gasteiger partial charge in [0.2, 0.25) is 0 Å². The third-order valence-electron chi connectivity index (χ3n) is 3.63. The van der Waals surface area contributed by atoms with Crippen molar-refractivity contribution in [1.29, 1.82) is 0 Å². The minimum atomic E-state index is -2.92. The number of ether oxygens (including phenoxy) is 1. The summed E-state index contributed by atoms with van der Waals surface area (Å²) in [4.78, 5) is 2.07. The number of sulfone groups is 1. The van der Waals surface area contributed by atoms with Gasteiger partial charge < -0.3 is 14.8 Å². The quantitative estimate of drug-likeness (QED) is 0.693. The Balaban J connectivity index is 2.11. The Kier molecular flexibility index (Phi) is 5.26. The van der Waals surface area contributed by atoms with Crippen molar-refractivity contribution in [2.45, 2.75) is 13.0 Å². The van der Waals surface area contributed by atoms with Crippen molar-refractivity contribution in [3.63, 3.8) is 0 Å². The van der Waals surface area contributed by atoms with Crippen LogP contribution in [0, 0.1) is 0 Å². The third kappa shape index (κ3) is 4.44. The van der Waals surface area contributed by atoms with Crippen LogP contribution in [0.4, 0.5) is 0 Å². The van der Waals surface area contributed by atoms with Crippen molar-refractivity contribution < 1.29 is 23.2 Å². The van der Waals surface area contributed by atoms with E-state index in [0.717, 1.165) is 12.1 Å². The summed E-state index contributed by atoms with van der Waals surface area (Å²) in [6.07, 6.45) is 0.633. The fraction of sp³-hybridized carbons (Fsp3) is 0.538. The predicted octanol–water partition coefficient (Wildman–Crippen LogP) is -1.00. The number of hydrogen-bond donors (Lipinski definition) is 2. The van der Waals surface area contributed by atoms with E-state index in [1.807, 2.05) is 6.07 Å². The highest BCUT2D eigenvalue weighted by Crippen LogP contribution is 2.14. The average Bonchev–Trinajstić information content (AvgIpc) is 2.60. The fourth-order valence-corrected chi connectivity index (χ4v) is 3.80. The van der Waals surface area contributed by atoms with Crippen molar-refractivity contribution in [1.82, 2.24) is 4.90 Å². The molecule has 0 saturated carbocycles. The average molecular weight is 313 g/mol. The van der Waals surface area contributed by atoms with E-state index in [-0.39, 0.29) is 11.5 Å². The molecule has 21 heavy (non-hydrogen) atoms. The van der Waals surface area contributed by atoms with Crippen LogP contribution in [0.1, 0.15) is 12.0 Å². The summed E-state index contributed by atoms with van der Waals surface area (Å²) in [5, 5.41) is 18.7. The van der Waals surface area contributed by atoms with Gasteiger partial charge in [0.05, 0.1) is 18.6 Å². The first kappa shape index (κ1) is 16.3. The molecule has 1 aliphatic rings. The molecule has 1 fully saturated rings. The molecule has 0 radical (unpaired) electrons. The molecule has 2 rings (SSSR count). The maximum atomic E-state index is 11.6. The Hall–Kier alpha value is -1.09. The van der Waals surface area contributed by atoms with E-state index in [2.05, 4.69) is 4.90 Å². The van der Waals surface area contributed by atoms with Crippen LogP contribution in [0.5, 0.6) is 5.75 Å². The van der Waals surface area contributed by atoms with Gasteiger partial charge in [-0.25, -0.2) is 8.42 Å². The highest BCUT2D eigenvalue weighted by atomic mass is 32.2. The molecule has 8 heteroatoms. The lowest BCUT2D eigenvalue weighted by Crippen LogP contribution is -2.32. The molecule has 0 amide bonds. The minimum Gasteiger partial charge on any atom is -0.497 e. The van der Waals surface area contributed by atoms with Gasteiger partial charge in [0.1, 0.15) is 5.75 Å². The maximum Gasteiger partial charge on any atom is 0.492 e. The topological polar surface area (TPSA) is 87.1 Å². The summed E-state index contributed by atoms with van der Waals surface area (Å²) in [5.41, 5.74) is 1.22. The van der Waals surface area contributed by atoms with E-state index in [4.69, 9.17) is 4.74 Å². The third-order valence-corrected chi connectivity index (χ3v) is 5.34. The molecule has 1 heterocycles. The minimum absolute atomic E-state index is 0.179. The molecule has 116 valence electrons. The van der Waals surface area contributed by atoms with Crippen LogP contribution in [0.15, 0.2) is 18.2 Å². The van der Waals surface area contributed by atoms with Gasteiger partial charge in [-0.15, -0.1) is 0 Å². The van der Waals surface area contributed by atoms with E-state index < -0.39 is 17.0 Å². The molecule has 0 bridgehead atoms. The Labute approximate surface area is 125 Å². The molecule has 1 aromatic rings. The van der Waals surface area contributed by atoms with Crippen LogP contribution >= 0.6 is 0 Å². The molecule has 1 aromatic carbocycles. The number of methoxy groups -OCH3 is 1. The van der Waals surface area contributed by atoms with Gasteiger partial charge in [-0.1, -0.05) is 12.1 Å². The molecule has 0 aromatic heterocycles. The van der Waals surface area contributed by atoms with E-state index in [1.54, 1.807) is 12.1 Å². The second-order valence-electron chi connectivity index (χ2n) is 5.23. The Morgan fingerprint density at radius 1 is 1.29 bits per heavy atom. The molecule has 6 nitrogen and oxygen atoms in total. The number of benzene rings is 1. The highest BCUT2D eigenvalue weighted by Gasteiger charge is 2.21. The normalized spacial score (nSPS) is 19.0. The molecule has 0 aliphatic carbocycles. The first-order valence-electron chi connectivity index (χ1n) is 6.87. The second-order valence-corrected chi connectivity index (χ2v) is 7.54. The van der Waals surface area contributed by atoms with Crippen molar-refractivity contribution in [2.24, 2.45) is 0 Å². The maximum absolute atomic E-state index is 11.6. The van der Waals surface area contributed by atoms with Crippen LogP contribution in [0.3, 0.4) is 0 Å². The van der Waals surface area contributed by atoms with Crippen LogP contribution in [0.2, 0.25) is 0 Å². The van der Waals surface area contributed by atoms with Gasteiger partial charge in [-0.2, -0.15) is 0 Å². The van der Waals surface area contributed by atoms with Gasteiger partial charge in [0.25, 0.3) is 0 Å². The van der Waals surface area contributed by atoms with Crippen LogP contribution in [-0.4, -0.2) is 62.2 Å². The smallest absolute Gasteiger partial charge is 0.492 e. The van der Waals surface area contributed by atoms with Crippen LogP contribution < -0.4 is 10.2 Å². The van der Waals surface area contributed by atoms with Gasteiger partial charge in [0.15, 0.2) is 9.84 Å². The molecule has 0 unspecified atom stereocenters. The molecular formula is C13H20BNO5S. The van der Waals surface area contributed by atoms with E-state index >= 15 is 0 Å². The van der Waals surface area contributed by atoms with Crippen molar-refractivity contribution in [2.75, 3.05) is 31.7 Å². The summed E-state index contributed by atoms with van der Waals surface area (Å²) in [7, 11) is -3.04. The van der Waals surface area contributed by atoms with Crippen molar-refractivity contribution in [3.8, 4) is 5.75 Å². The first-order chi connectivity index (χ1) is 9.91. The number of rotatable bonds is 4. The van der Waals surface area contributed by atoms with E-state index in [1.165, 1.54) is 7.11 Å². The monoisotopic (exact) mass is 313 g/mol. The summed E-state index contributed by atoms with van der Waals surface area (Å²) >= 11 is 0. The lowest BCUT2D eigenvalue weighted by atomic mass is 9.78. The van der Waals surface area contributed by atoms with Crippen molar-refractivity contribution in [3.05, 3.63) is 23.8 Å². The zero-order valence-corrected chi connectivity index (χ0v) is 12.8. The van der Waals surface area contributed by atoms with Crippen molar-refractivity contribution >= 4 is 22.4 Å². The predicted molar refractivity (Wildman–Crippen MR) is 81.4 cm³/mol. The fourth-order valence-electron chi connectivity index (χ4n) is 2.49. The number of hydrogen-bond acceptors (Lipinski definition) is 6. The standard InChI is InChI=1S/C13H20BNO5S/c1-20-13-4-3-11(9-12(13)14(16)17)10-15-5-2-7-21(18,19)8-6-15/h3-4,9,16-17H,2,5-8,10H2,1H3. The van der Waals surface area contributed by atoms with Gasteiger partial charge in [-0.3, -0.25) is 4.90 Å². The van der Waals surface area contributed by atoms with Crippen LogP contribution in [0.25, 0.3) is 0 Å². The van der Waals surface area contributed by atoms with Crippen LogP contribution in [-0.2, 0) is 16.4 Å². The summed E-state index contributed by atoms with van der Waals surface area (Å²) in [6, 6.07) is 5.23. The van der Waals surface area contributed by atoms with Gasteiger partial charge in [0, 0.05) is 18.6 Å². The SMILES string of the molecule is COc1ccc(CN2CCCS(=O)(=O)CC2)cc1B(O)O. The molecular weight excluding hydrogens is 293 g/mol. The zero-order chi connectivity index (χ0) is 15.5. The number of nitrogens with zero attached hydrogens (tertiary/aromatic N) is 1. The van der Waals surface area contributed by atoms with Gasteiger partial charge >= 0.3 is 7.12 Å².